The van der Waals surface area contributed by atoms with Gasteiger partial charge in [-0.3, -0.25) is 9.78 Å². The van der Waals surface area contributed by atoms with Gasteiger partial charge in [0.25, 0.3) is 5.96 Å². The number of halogens is 3. The van der Waals surface area contributed by atoms with Gasteiger partial charge in [0.1, 0.15) is 23.5 Å². The van der Waals surface area contributed by atoms with Crippen molar-refractivity contribution >= 4 is 29.7 Å². The Kier molecular flexibility index (Phi) is 12.3. The lowest BCUT2D eigenvalue weighted by atomic mass is 10.0. The molecule has 0 unspecified atom stereocenters. The van der Waals surface area contributed by atoms with Gasteiger partial charge in [-0.1, -0.05) is 0 Å². The van der Waals surface area contributed by atoms with Crippen LogP contribution in [0.4, 0.5) is 28.4 Å². The first kappa shape index (κ1) is 37.1. The topological polar surface area (TPSA) is 181 Å². The summed E-state index contributed by atoms with van der Waals surface area (Å²) < 4.78 is 55.0. The summed E-state index contributed by atoms with van der Waals surface area (Å²) in [5, 5.41) is 17.7. The van der Waals surface area contributed by atoms with Crippen LogP contribution in [0.15, 0.2) is 35.6 Å². The van der Waals surface area contributed by atoms with E-state index in [-0.39, 0.29) is 30.0 Å². The first-order valence-electron chi connectivity index (χ1n) is 14.0. The quantitative estimate of drug-likeness (QED) is 0.141. The Morgan fingerprint density at radius 3 is 2.22 bits per heavy atom. The Morgan fingerprint density at radius 1 is 1.07 bits per heavy atom. The van der Waals surface area contributed by atoms with Gasteiger partial charge in [0, 0.05) is 11.8 Å². The Bertz CT molecular complexity index is 1470. The van der Waals surface area contributed by atoms with E-state index in [1.165, 1.54) is 18.3 Å². The van der Waals surface area contributed by atoms with Crippen molar-refractivity contribution in [1.29, 1.82) is 5.26 Å². The molecule has 0 aliphatic rings. The molecule has 1 aromatic carbocycles. The van der Waals surface area contributed by atoms with Gasteiger partial charge in [0.15, 0.2) is 5.82 Å². The zero-order valence-electron chi connectivity index (χ0n) is 26.7. The molecule has 16 heteroatoms. The minimum atomic E-state index is -3.44. The number of carbonyl (C=O) groups excluding carboxylic acids is 3. The zero-order valence-corrected chi connectivity index (χ0v) is 26.7. The number of guanidine groups is 1. The second-order valence-corrected chi connectivity index (χ2v) is 11.9. The third-order valence-electron chi connectivity index (χ3n) is 5.55. The molecule has 0 fully saturated rings. The SMILES string of the molecule is Cc1ccnc(C(F)(F)CNc2ccc(C#N)c(CC(=O)NCCON=C(N)N(C(=O)OC(C)(C)C)C(=O)OC(C)(C)C)c2F)c1. The molecule has 4 N–H and O–H groups in total. The number of nitriles is 1. The van der Waals surface area contributed by atoms with Crippen LogP contribution in [0.1, 0.15) is 63.9 Å². The highest BCUT2D eigenvalue weighted by atomic mass is 19.3. The maximum atomic E-state index is 15.3. The van der Waals surface area contributed by atoms with Crippen LogP contribution < -0.4 is 16.4 Å². The third kappa shape index (κ3) is 11.5. The molecule has 0 saturated heterocycles. The van der Waals surface area contributed by atoms with Crippen LogP contribution in [0.25, 0.3) is 0 Å². The molecule has 13 nitrogen and oxygen atoms in total. The number of alkyl halides is 2. The number of imide groups is 1. The molecule has 0 radical (unpaired) electrons. The van der Waals surface area contributed by atoms with E-state index >= 15 is 4.39 Å². The maximum Gasteiger partial charge on any atom is 0.427 e. The normalized spacial score (nSPS) is 12.1. The summed E-state index contributed by atoms with van der Waals surface area (Å²) in [5.74, 6) is -5.91. The average Bonchev–Trinajstić information content (AvgIpc) is 2.91. The minimum absolute atomic E-state index is 0.164. The number of nitrogens with zero attached hydrogens (tertiary/aromatic N) is 4. The van der Waals surface area contributed by atoms with Crippen LogP contribution >= 0.6 is 0 Å². The van der Waals surface area contributed by atoms with E-state index in [4.69, 9.17) is 20.0 Å². The highest BCUT2D eigenvalue weighted by Gasteiger charge is 2.35. The highest BCUT2D eigenvalue weighted by Crippen LogP contribution is 2.29. The number of amides is 3. The van der Waals surface area contributed by atoms with Gasteiger partial charge in [0.2, 0.25) is 5.91 Å². The van der Waals surface area contributed by atoms with E-state index < -0.39 is 65.7 Å². The molecule has 1 heterocycles. The molecule has 0 aliphatic carbocycles. The van der Waals surface area contributed by atoms with Crippen molar-refractivity contribution in [1.82, 2.24) is 15.2 Å². The molecule has 0 aliphatic heterocycles. The fraction of sp³-hybridized carbons (Fsp3) is 0.467. The number of oxime groups is 1. The number of ether oxygens (including phenoxy) is 2. The van der Waals surface area contributed by atoms with Crippen molar-refractivity contribution in [3.05, 3.63) is 58.7 Å². The van der Waals surface area contributed by atoms with Crippen molar-refractivity contribution in [2.45, 2.75) is 72.0 Å². The monoisotopic (exact) mass is 649 g/mol. The van der Waals surface area contributed by atoms with Crippen molar-refractivity contribution in [2.24, 2.45) is 10.9 Å². The lowest BCUT2D eigenvalue weighted by Crippen LogP contribution is -2.50. The van der Waals surface area contributed by atoms with Gasteiger partial charge >= 0.3 is 18.1 Å². The minimum Gasteiger partial charge on any atom is -0.443 e. The Labute approximate surface area is 264 Å². The number of carbonyl (C=O) groups is 3. The van der Waals surface area contributed by atoms with E-state index in [2.05, 4.69) is 20.8 Å². The summed E-state index contributed by atoms with van der Waals surface area (Å²) in [6.07, 6.45) is -1.69. The van der Waals surface area contributed by atoms with Crippen LogP contribution in [0.5, 0.6) is 0 Å². The standard InChI is InChI=1S/C30H38F3N7O6/c1-18-10-11-36-22(14-18)30(32,33)17-38-21-9-8-19(16-34)20(24(21)31)15-23(41)37-12-13-44-39-25(35)40(26(42)45-28(2,3)4)27(43)46-29(5,6)7/h8-11,14,38H,12-13,15,17H2,1-7H3,(H2,35,39)(H,37,41). The fourth-order valence-corrected chi connectivity index (χ4v) is 3.56. The van der Waals surface area contributed by atoms with Crippen LogP contribution in [0.3, 0.4) is 0 Å². The van der Waals surface area contributed by atoms with Crippen molar-refractivity contribution in [2.75, 3.05) is 25.0 Å². The summed E-state index contributed by atoms with van der Waals surface area (Å²) >= 11 is 0. The number of hydrogen-bond acceptors (Lipinski definition) is 10. The number of nitrogens with two attached hydrogens (primary N) is 1. The van der Waals surface area contributed by atoms with E-state index in [1.807, 2.05) is 0 Å². The van der Waals surface area contributed by atoms with Gasteiger partial charge in [-0.05, 0) is 83.5 Å². The van der Waals surface area contributed by atoms with Gasteiger partial charge in [-0.15, -0.1) is 4.90 Å². The molecule has 2 rings (SSSR count). The molecule has 0 bridgehead atoms. The fourth-order valence-electron chi connectivity index (χ4n) is 3.56. The Balaban J connectivity index is 2.03. The van der Waals surface area contributed by atoms with Crippen LogP contribution in [0, 0.1) is 24.1 Å². The van der Waals surface area contributed by atoms with Crippen LogP contribution in [-0.4, -0.2) is 64.8 Å². The molecular weight excluding hydrogens is 611 g/mol. The zero-order chi connectivity index (χ0) is 34.9. The van der Waals surface area contributed by atoms with E-state index in [0.717, 1.165) is 6.07 Å². The van der Waals surface area contributed by atoms with Gasteiger partial charge in [0.05, 0.1) is 36.8 Å². The maximum absolute atomic E-state index is 15.3. The predicted octanol–water partition coefficient (Wildman–Crippen LogP) is 4.68. The number of pyridine rings is 1. The lowest BCUT2D eigenvalue weighted by molar-refractivity contribution is -0.120. The lowest BCUT2D eigenvalue weighted by Gasteiger charge is -2.27. The van der Waals surface area contributed by atoms with Gasteiger partial charge < -0.3 is 30.7 Å². The summed E-state index contributed by atoms with van der Waals surface area (Å²) in [4.78, 5) is 46.7. The molecule has 2 aromatic rings. The Morgan fingerprint density at radius 2 is 1.67 bits per heavy atom. The van der Waals surface area contributed by atoms with E-state index in [0.29, 0.717) is 10.5 Å². The molecule has 1 aromatic heterocycles. The number of aryl methyl sites for hydroxylation is 1. The third-order valence-corrected chi connectivity index (χ3v) is 5.55. The smallest absolute Gasteiger partial charge is 0.427 e. The van der Waals surface area contributed by atoms with Crippen molar-refractivity contribution < 1.29 is 41.9 Å². The van der Waals surface area contributed by atoms with E-state index in [9.17, 15) is 28.4 Å². The molecule has 0 saturated carbocycles. The number of aromatic nitrogens is 1. The first-order chi connectivity index (χ1) is 21.2. The number of anilines is 1. The van der Waals surface area contributed by atoms with Crippen LogP contribution in [-0.2, 0) is 31.4 Å². The van der Waals surface area contributed by atoms with Crippen LogP contribution in [0.2, 0.25) is 0 Å². The number of benzene rings is 1. The van der Waals surface area contributed by atoms with Gasteiger partial charge in [-0.25, -0.2) is 14.0 Å². The molecule has 0 spiro atoms. The van der Waals surface area contributed by atoms with Crippen molar-refractivity contribution in [3.8, 4) is 6.07 Å². The summed E-state index contributed by atoms with van der Waals surface area (Å²) in [5.41, 5.74) is 3.11. The molecule has 0 atom stereocenters. The van der Waals surface area contributed by atoms with E-state index in [1.54, 1.807) is 60.6 Å². The first-order valence-corrected chi connectivity index (χ1v) is 14.0. The summed E-state index contributed by atoms with van der Waals surface area (Å²) in [6.45, 7) is 9.60. The molecule has 3 amide bonds. The summed E-state index contributed by atoms with van der Waals surface area (Å²) in [6, 6.07) is 6.89. The second-order valence-electron chi connectivity index (χ2n) is 11.9. The van der Waals surface area contributed by atoms with Crippen molar-refractivity contribution in [3.63, 3.8) is 0 Å². The molecule has 250 valence electrons. The second kappa shape index (κ2) is 15.3. The molecular formula is C30H38F3N7O6. The average molecular weight is 650 g/mol. The largest absolute Gasteiger partial charge is 0.443 e. The number of rotatable bonds is 10. The van der Waals surface area contributed by atoms with Gasteiger partial charge in [-0.2, -0.15) is 14.0 Å². The predicted molar refractivity (Wildman–Crippen MR) is 161 cm³/mol. The highest BCUT2D eigenvalue weighted by molar-refractivity contribution is 6.07. The number of hydrogen-bond donors (Lipinski definition) is 3. The number of nitrogens with one attached hydrogen (secondary N) is 2. The summed E-state index contributed by atoms with van der Waals surface area (Å²) in [7, 11) is 0. The molecule has 46 heavy (non-hydrogen) atoms. The Hall–Kier alpha value is -5.07.